The lowest BCUT2D eigenvalue weighted by atomic mass is 9.72. The van der Waals surface area contributed by atoms with E-state index in [2.05, 4.69) is 0 Å². The van der Waals surface area contributed by atoms with E-state index in [1.165, 1.54) is 44.9 Å². The molecular formula is C14H24O2. The van der Waals surface area contributed by atoms with Gasteiger partial charge >= 0.3 is 5.97 Å². The third-order valence-electron chi connectivity index (χ3n) is 4.59. The third kappa shape index (κ3) is 2.99. The molecule has 0 amide bonds. The molecule has 2 saturated carbocycles. The fourth-order valence-corrected chi connectivity index (χ4v) is 3.67. The standard InChI is InChI=1S/C14H24O2/c15-14(16)13-9-5-4-8-12(13)10-11-6-2-1-3-7-11/h11-13H,1-10H2,(H,15,16)/t12-,13-/m1/s1. The molecule has 0 aromatic rings. The molecule has 2 atom stereocenters. The van der Waals surface area contributed by atoms with Gasteiger partial charge in [-0.3, -0.25) is 4.79 Å². The number of carboxylic acids is 1. The summed E-state index contributed by atoms with van der Waals surface area (Å²) in [6.07, 6.45) is 12.5. The van der Waals surface area contributed by atoms with E-state index < -0.39 is 5.97 Å². The number of aliphatic carboxylic acids is 1. The Kier molecular flexibility index (Phi) is 4.25. The van der Waals surface area contributed by atoms with Crippen molar-refractivity contribution in [2.45, 2.75) is 64.2 Å². The van der Waals surface area contributed by atoms with Crippen LogP contribution in [0.3, 0.4) is 0 Å². The maximum Gasteiger partial charge on any atom is 0.306 e. The van der Waals surface area contributed by atoms with Crippen LogP contribution in [0.2, 0.25) is 0 Å². The normalized spacial score (nSPS) is 32.5. The molecule has 0 unspecified atom stereocenters. The Morgan fingerprint density at radius 1 is 0.938 bits per heavy atom. The highest BCUT2D eigenvalue weighted by Crippen LogP contribution is 2.38. The fraction of sp³-hybridized carbons (Fsp3) is 0.929. The molecule has 0 aromatic heterocycles. The minimum Gasteiger partial charge on any atom is -0.481 e. The van der Waals surface area contributed by atoms with Gasteiger partial charge in [-0.05, 0) is 31.1 Å². The number of carbonyl (C=O) groups is 1. The Hall–Kier alpha value is -0.530. The summed E-state index contributed by atoms with van der Waals surface area (Å²) in [6, 6.07) is 0. The Balaban J connectivity index is 1.87. The van der Waals surface area contributed by atoms with E-state index in [0.717, 1.165) is 25.2 Å². The second-order valence-electron chi connectivity index (χ2n) is 5.73. The molecular weight excluding hydrogens is 200 g/mol. The monoisotopic (exact) mass is 224 g/mol. The van der Waals surface area contributed by atoms with Crippen LogP contribution in [-0.4, -0.2) is 11.1 Å². The largest absolute Gasteiger partial charge is 0.481 e. The Labute approximate surface area is 98.4 Å². The van der Waals surface area contributed by atoms with E-state index in [-0.39, 0.29) is 5.92 Å². The molecule has 92 valence electrons. The topological polar surface area (TPSA) is 37.3 Å². The summed E-state index contributed by atoms with van der Waals surface area (Å²) in [5.74, 6) is 0.740. The van der Waals surface area contributed by atoms with Gasteiger partial charge in [0.25, 0.3) is 0 Å². The first-order valence-electron chi connectivity index (χ1n) is 7.00. The lowest BCUT2D eigenvalue weighted by Gasteiger charge is -2.32. The number of hydrogen-bond acceptors (Lipinski definition) is 1. The molecule has 0 saturated heterocycles. The van der Waals surface area contributed by atoms with Gasteiger partial charge in [0, 0.05) is 0 Å². The van der Waals surface area contributed by atoms with Crippen molar-refractivity contribution in [1.82, 2.24) is 0 Å². The average molecular weight is 224 g/mol. The van der Waals surface area contributed by atoms with Gasteiger partial charge in [-0.2, -0.15) is 0 Å². The average Bonchev–Trinajstić information content (AvgIpc) is 2.31. The highest BCUT2D eigenvalue weighted by molar-refractivity contribution is 5.70. The zero-order chi connectivity index (χ0) is 11.4. The molecule has 0 radical (unpaired) electrons. The summed E-state index contributed by atoms with van der Waals surface area (Å²) in [5.41, 5.74) is 0. The van der Waals surface area contributed by atoms with Crippen LogP contribution in [0.4, 0.5) is 0 Å². The van der Waals surface area contributed by atoms with Crippen LogP contribution in [0.5, 0.6) is 0 Å². The molecule has 2 fully saturated rings. The summed E-state index contributed by atoms with van der Waals surface area (Å²) >= 11 is 0. The predicted octanol–water partition coefficient (Wildman–Crippen LogP) is 3.85. The van der Waals surface area contributed by atoms with Gasteiger partial charge in [0.05, 0.1) is 5.92 Å². The molecule has 2 nitrogen and oxygen atoms in total. The van der Waals surface area contributed by atoms with Crippen LogP contribution in [0, 0.1) is 17.8 Å². The first kappa shape index (κ1) is 11.9. The van der Waals surface area contributed by atoms with E-state index in [9.17, 15) is 9.90 Å². The van der Waals surface area contributed by atoms with Crippen molar-refractivity contribution < 1.29 is 9.90 Å². The van der Waals surface area contributed by atoms with Crippen molar-refractivity contribution in [1.29, 1.82) is 0 Å². The van der Waals surface area contributed by atoms with E-state index in [1.807, 2.05) is 0 Å². The van der Waals surface area contributed by atoms with Crippen molar-refractivity contribution in [3.05, 3.63) is 0 Å². The molecule has 2 rings (SSSR count). The van der Waals surface area contributed by atoms with Gasteiger partial charge in [0.15, 0.2) is 0 Å². The minimum absolute atomic E-state index is 0.0318. The van der Waals surface area contributed by atoms with Gasteiger partial charge in [-0.15, -0.1) is 0 Å². The van der Waals surface area contributed by atoms with Gasteiger partial charge in [-0.25, -0.2) is 0 Å². The number of hydrogen-bond donors (Lipinski definition) is 1. The van der Waals surface area contributed by atoms with Gasteiger partial charge in [-0.1, -0.05) is 44.9 Å². The maximum absolute atomic E-state index is 11.2. The van der Waals surface area contributed by atoms with Gasteiger partial charge in [0.2, 0.25) is 0 Å². The lowest BCUT2D eigenvalue weighted by Crippen LogP contribution is -2.29. The summed E-state index contributed by atoms with van der Waals surface area (Å²) in [7, 11) is 0. The molecule has 16 heavy (non-hydrogen) atoms. The van der Waals surface area contributed by atoms with E-state index in [4.69, 9.17) is 0 Å². The smallest absolute Gasteiger partial charge is 0.306 e. The lowest BCUT2D eigenvalue weighted by molar-refractivity contribution is -0.145. The fourth-order valence-electron chi connectivity index (χ4n) is 3.67. The highest BCUT2D eigenvalue weighted by Gasteiger charge is 2.32. The first-order chi connectivity index (χ1) is 7.77. The molecule has 0 bridgehead atoms. The van der Waals surface area contributed by atoms with Crippen molar-refractivity contribution in [2.75, 3.05) is 0 Å². The van der Waals surface area contributed by atoms with Crippen molar-refractivity contribution in [2.24, 2.45) is 17.8 Å². The van der Waals surface area contributed by atoms with Crippen LogP contribution in [0.25, 0.3) is 0 Å². The van der Waals surface area contributed by atoms with Crippen molar-refractivity contribution in [3.63, 3.8) is 0 Å². The maximum atomic E-state index is 11.2. The van der Waals surface area contributed by atoms with Crippen molar-refractivity contribution in [3.8, 4) is 0 Å². The first-order valence-corrected chi connectivity index (χ1v) is 7.00. The molecule has 2 aliphatic rings. The summed E-state index contributed by atoms with van der Waals surface area (Å²) in [6.45, 7) is 0. The van der Waals surface area contributed by atoms with E-state index in [0.29, 0.717) is 5.92 Å². The van der Waals surface area contributed by atoms with Crippen LogP contribution >= 0.6 is 0 Å². The quantitative estimate of drug-likeness (QED) is 0.790. The second kappa shape index (κ2) is 5.70. The number of carboxylic acid groups (broad SMARTS) is 1. The molecule has 1 N–H and O–H groups in total. The molecule has 2 heteroatoms. The highest BCUT2D eigenvalue weighted by atomic mass is 16.4. The molecule has 2 aliphatic carbocycles. The summed E-state index contributed by atoms with van der Waals surface area (Å²) in [5, 5.41) is 9.24. The zero-order valence-corrected chi connectivity index (χ0v) is 10.2. The third-order valence-corrected chi connectivity index (χ3v) is 4.59. The Morgan fingerprint density at radius 3 is 2.25 bits per heavy atom. The summed E-state index contributed by atoms with van der Waals surface area (Å²) in [4.78, 5) is 11.2. The van der Waals surface area contributed by atoms with E-state index >= 15 is 0 Å². The van der Waals surface area contributed by atoms with Crippen LogP contribution in [0.1, 0.15) is 64.2 Å². The predicted molar refractivity (Wildman–Crippen MR) is 64.3 cm³/mol. The Morgan fingerprint density at radius 2 is 1.56 bits per heavy atom. The molecule has 0 spiro atoms. The summed E-state index contributed by atoms with van der Waals surface area (Å²) < 4.78 is 0. The van der Waals surface area contributed by atoms with Crippen LogP contribution in [-0.2, 0) is 4.79 Å². The number of rotatable bonds is 3. The minimum atomic E-state index is -0.541. The van der Waals surface area contributed by atoms with Crippen LogP contribution in [0.15, 0.2) is 0 Å². The van der Waals surface area contributed by atoms with Crippen molar-refractivity contribution >= 4 is 5.97 Å². The molecule has 0 heterocycles. The van der Waals surface area contributed by atoms with Crippen LogP contribution < -0.4 is 0 Å². The molecule has 0 aromatic carbocycles. The second-order valence-corrected chi connectivity index (χ2v) is 5.73. The van der Waals surface area contributed by atoms with Gasteiger partial charge < -0.3 is 5.11 Å². The van der Waals surface area contributed by atoms with Gasteiger partial charge in [0.1, 0.15) is 0 Å². The van der Waals surface area contributed by atoms with E-state index in [1.54, 1.807) is 0 Å². The molecule has 0 aliphatic heterocycles. The zero-order valence-electron chi connectivity index (χ0n) is 10.2. The SMILES string of the molecule is O=C(O)[C@@H]1CCCC[C@@H]1CC1CCCCC1. The Bertz CT molecular complexity index is 231.